The highest BCUT2D eigenvalue weighted by Crippen LogP contribution is 2.39. The fraction of sp³-hybridized carbons (Fsp3) is 0.918. The van der Waals surface area contributed by atoms with Crippen molar-refractivity contribution >= 4 is 43.4 Å². The molecule has 0 N–H and O–H groups in total. The molecule has 0 radical (unpaired) electrons. The van der Waals surface area contributed by atoms with E-state index in [-0.39, 0.29) is 56.3 Å². The summed E-state index contributed by atoms with van der Waals surface area (Å²) in [6.07, 6.45) is 7.32. The SMILES string of the molecule is CCCN(CCC)CCCCOS(=O)(=O)c1ccc(C)cc1.CCCN(CCC)CCOCC(OC(C)N(CCC)CCC)C(COC(C)N(CCO[Si](C)(C)C(C)(C)C)CCO[Si](C)(C)C(C)(C)C)OCCN(CCO[Si](C)(C)C(C)(C)C)CCO[Si](C)(C)C(C)(C)C. The number of rotatable bonds is 52. The van der Waals surface area contributed by atoms with Crippen LogP contribution in [0.2, 0.25) is 72.5 Å². The van der Waals surface area contributed by atoms with Gasteiger partial charge in [0.1, 0.15) is 24.7 Å². The van der Waals surface area contributed by atoms with Crippen molar-refractivity contribution in [2.45, 2.75) is 299 Å². The second kappa shape index (κ2) is 46.2. The third-order valence-electron chi connectivity index (χ3n) is 20.1. The van der Waals surface area contributed by atoms with Crippen LogP contribution in [0.5, 0.6) is 0 Å². The minimum absolute atomic E-state index is 0.119. The van der Waals surface area contributed by atoms with Crippen molar-refractivity contribution in [3.8, 4) is 0 Å². The first-order chi connectivity index (χ1) is 43.4. The van der Waals surface area contributed by atoms with Crippen LogP contribution in [0, 0.1) is 6.92 Å². The average molecular weight is 1420 g/mol. The molecule has 94 heavy (non-hydrogen) atoms. The van der Waals surface area contributed by atoms with Gasteiger partial charge in [0.25, 0.3) is 10.1 Å². The first-order valence-corrected chi connectivity index (χ1v) is 50.1. The van der Waals surface area contributed by atoms with Crippen molar-refractivity contribution in [2.75, 3.05) is 145 Å². The van der Waals surface area contributed by atoms with Gasteiger partial charge in [0.2, 0.25) is 0 Å². The van der Waals surface area contributed by atoms with Gasteiger partial charge in [-0.1, -0.05) is 142 Å². The summed E-state index contributed by atoms with van der Waals surface area (Å²) in [5, 5.41) is 0.543. The van der Waals surface area contributed by atoms with Crippen LogP contribution < -0.4 is 0 Å². The van der Waals surface area contributed by atoms with E-state index in [2.05, 4.69) is 215 Å². The molecule has 0 aromatic heterocycles. The van der Waals surface area contributed by atoms with E-state index in [1.54, 1.807) is 24.3 Å². The summed E-state index contributed by atoms with van der Waals surface area (Å²) in [7, 11) is -11.4. The zero-order valence-electron chi connectivity index (χ0n) is 67.0. The minimum atomic E-state index is -3.61. The Hall–Kier alpha value is -0.522. The molecule has 0 aliphatic heterocycles. The lowest BCUT2D eigenvalue weighted by Gasteiger charge is -2.39. The van der Waals surface area contributed by atoms with Crippen LogP contribution >= 0.6 is 0 Å². The van der Waals surface area contributed by atoms with Gasteiger partial charge in [-0.25, -0.2) is 0 Å². The van der Waals surface area contributed by atoms with E-state index in [0.717, 1.165) is 142 Å². The molecule has 1 aromatic rings. The molecule has 1 rings (SSSR count). The van der Waals surface area contributed by atoms with Crippen LogP contribution in [-0.2, 0) is 51.0 Å². The van der Waals surface area contributed by atoms with Gasteiger partial charge in [-0.05, 0) is 190 Å². The number of hydrogen-bond donors (Lipinski definition) is 0. The predicted octanol–water partition coefficient (Wildman–Crippen LogP) is 17.0. The Balaban J connectivity index is 0.00000329. The molecular weight excluding hydrogens is 1270 g/mol. The smallest absolute Gasteiger partial charge is 0.296 e. The number of ether oxygens (including phenoxy) is 4. The van der Waals surface area contributed by atoms with Crippen LogP contribution in [0.25, 0.3) is 0 Å². The third-order valence-corrected chi connectivity index (χ3v) is 39.6. The van der Waals surface area contributed by atoms with Crippen molar-refractivity contribution in [3.63, 3.8) is 0 Å². The summed E-state index contributed by atoms with van der Waals surface area (Å²) in [6.45, 7) is 83.0. The summed E-state index contributed by atoms with van der Waals surface area (Å²) in [5.74, 6) is 0. The van der Waals surface area contributed by atoms with Gasteiger partial charge in [0.15, 0.2) is 33.3 Å². The standard InChI is InChI=1S/C56H126N4O8Si4.C17H29NO3S/c1-27-31-57(32-28-2)35-41-61-47-52(68-50(6)59(33-29-3)34-30-4)51(62-42-36-58(37-43-64-69(19,20)53(7,8)9)38-44-65-70(21,22)54(10,11)12)48-63-49(5)60(39-45-66-71(23,24)55(13,14)15)40-46-67-72(25,26)56(16,17)18;1-4-12-18(13-5-2)14-6-7-15-21-22(19,20)17-10-8-16(3)9-11-17/h49-52H,27-48H2,1-26H3;8-11H,4-7,12-15H2,1-3H3. The Morgan fingerprint density at radius 2 is 0.745 bits per heavy atom. The molecule has 0 saturated carbocycles. The molecule has 4 atom stereocenters. The molecule has 0 fully saturated rings. The Kier molecular flexibility index (Phi) is 45.9. The van der Waals surface area contributed by atoms with Crippen LogP contribution in [0.4, 0.5) is 0 Å². The van der Waals surface area contributed by atoms with E-state index in [4.69, 9.17) is 40.8 Å². The van der Waals surface area contributed by atoms with E-state index < -0.39 is 43.4 Å². The number of nitrogens with zero attached hydrogens (tertiary/aromatic N) is 5. The van der Waals surface area contributed by atoms with Crippen LogP contribution in [0.1, 0.15) is 195 Å². The van der Waals surface area contributed by atoms with Gasteiger partial charge in [0.05, 0.1) is 37.9 Å². The van der Waals surface area contributed by atoms with Crippen molar-refractivity contribution in [3.05, 3.63) is 29.8 Å². The first-order valence-electron chi connectivity index (χ1n) is 37.1. The lowest BCUT2D eigenvalue weighted by Crippen LogP contribution is -2.49. The fourth-order valence-corrected chi connectivity index (χ4v) is 14.7. The first kappa shape index (κ1) is 93.5. The van der Waals surface area contributed by atoms with Gasteiger partial charge in [-0.2, -0.15) is 8.42 Å². The van der Waals surface area contributed by atoms with Crippen LogP contribution in [-0.4, -0.2) is 235 Å². The normalized spacial score (nSPS) is 15.0. The Morgan fingerprint density at radius 1 is 0.394 bits per heavy atom. The largest absolute Gasteiger partial charge is 0.416 e. The number of aryl methyl sites for hydroxylation is 1. The molecule has 0 bridgehead atoms. The molecule has 4 unspecified atom stereocenters. The zero-order chi connectivity index (χ0) is 72.3. The van der Waals surface area contributed by atoms with Crippen LogP contribution in [0.3, 0.4) is 0 Å². The molecule has 0 aliphatic carbocycles. The lowest BCUT2D eigenvalue weighted by atomic mass is 10.2. The number of unbranched alkanes of at least 4 members (excludes halogenated alkanes) is 1. The number of hydrogen-bond acceptors (Lipinski definition) is 16. The third kappa shape index (κ3) is 37.9. The summed E-state index contributed by atoms with van der Waals surface area (Å²) in [5.41, 5.74) is 1.03. The Labute approximate surface area is 587 Å². The van der Waals surface area contributed by atoms with Gasteiger partial charge in [-0.3, -0.25) is 18.9 Å². The highest BCUT2D eigenvalue weighted by atomic mass is 32.2. The van der Waals surface area contributed by atoms with Crippen molar-refractivity contribution in [1.29, 1.82) is 0 Å². The predicted molar refractivity (Wildman–Crippen MR) is 411 cm³/mol. The maximum atomic E-state index is 12.0. The lowest BCUT2D eigenvalue weighted by molar-refractivity contribution is -0.185. The second-order valence-corrected chi connectivity index (χ2v) is 53.4. The highest BCUT2D eigenvalue weighted by molar-refractivity contribution is 7.86. The monoisotopic (exact) mass is 1420 g/mol. The van der Waals surface area contributed by atoms with E-state index in [1.165, 1.54) is 0 Å². The molecule has 0 heterocycles. The molecule has 560 valence electrons. The topological polar surface area (TPSA) is 133 Å². The Bertz CT molecular complexity index is 2090. The van der Waals surface area contributed by atoms with E-state index in [9.17, 15) is 8.42 Å². The van der Waals surface area contributed by atoms with Crippen molar-refractivity contribution in [1.82, 2.24) is 24.5 Å². The zero-order valence-corrected chi connectivity index (χ0v) is 71.8. The quantitative estimate of drug-likeness (QED) is 0.0265. The Morgan fingerprint density at radius 3 is 1.14 bits per heavy atom. The van der Waals surface area contributed by atoms with Gasteiger partial charge < -0.3 is 46.5 Å². The van der Waals surface area contributed by atoms with E-state index in [1.807, 2.05) is 6.92 Å². The maximum absolute atomic E-state index is 12.0. The molecule has 0 aliphatic rings. The molecule has 16 nitrogen and oxygen atoms in total. The highest BCUT2D eigenvalue weighted by Gasteiger charge is 2.41. The molecule has 0 amide bonds. The molecular formula is C73H155N5O11SSi4. The summed E-state index contributed by atoms with van der Waals surface area (Å²) in [4.78, 5) is 12.5. The molecule has 0 saturated heterocycles. The summed E-state index contributed by atoms with van der Waals surface area (Å²) >= 11 is 0. The van der Waals surface area contributed by atoms with Crippen LogP contribution in [0.15, 0.2) is 29.2 Å². The van der Waals surface area contributed by atoms with E-state index >= 15 is 0 Å². The average Bonchev–Trinajstić information content (AvgIpc) is 0.898. The van der Waals surface area contributed by atoms with Crippen molar-refractivity contribution < 1.29 is 49.3 Å². The van der Waals surface area contributed by atoms with E-state index in [0.29, 0.717) is 52.9 Å². The maximum Gasteiger partial charge on any atom is 0.296 e. The molecule has 21 heteroatoms. The summed E-state index contributed by atoms with van der Waals surface area (Å²) in [6, 6.07) is 6.75. The number of benzene rings is 1. The summed E-state index contributed by atoms with van der Waals surface area (Å²) < 4.78 is 84.1. The van der Waals surface area contributed by atoms with Crippen molar-refractivity contribution in [2.24, 2.45) is 0 Å². The molecule has 1 aromatic carbocycles. The molecule has 0 spiro atoms. The van der Waals surface area contributed by atoms with Gasteiger partial charge in [-0.15, -0.1) is 0 Å². The minimum Gasteiger partial charge on any atom is -0.416 e. The van der Waals surface area contributed by atoms with Gasteiger partial charge >= 0.3 is 0 Å². The fourth-order valence-electron chi connectivity index (χ4n) is 9.64. The second-order valence-electron chi connectivity index (χ2n) is 32.5. The van der Waals surface area contributed by atoms with Gasteiger partial charge in [0, 0.05) is 78.8 Å².